The molecule has 0 spiro atoms. The van der Waals surface area contributed by atoms with Crippen LogP contribution in [0.5, 0.6) is 5.75 Å². The van der Waals surface area contributed by atoms with Gasteiger partial charge in [-0.1, -0.05) is 6.07 Å². The number of nitrogens with zero attached hydrogens (tertiary/aromatic N) is 3. The van der Waals surface area contributed by atoms with Crippen LogP contribution in [0.4, 0.5) is 17.2 Å². The topological polar surface area (TPSA) is 141 Å². The second kappa shape index (κ2) is 9.14. The summed E-state index contributed by atoms with van der Waals surface area (Å²) < 4.78 is 27.2. The van der Waals surface area contributed by atoms with Crippen molar-refractivity contribution in [3.05, 3.63) is 72.4 Å². The molecule has 0 aliphatic heterocycles. The van der Waals surface area contributed by atoms with Gasteiger partial charge in [-0.25, -0.2) is 13.4 Å². The molecule has 9 nitrogen and oxygen atoms in total. The number of benzene rings is 2. The number of hydrogen-bond donors (Lipinski definition) is 3. The van der Waals surface area contributed by atoms with E-state index in [-0.39, 0.29) is 29.3 Å². The normalized spacial score (nSPS) is 11.5. The van der Waals surface area contributed by atoms with Gasteiger partial charge >= 0.3 is 5.97 Å². The van der Waals surface area contributed by atoms with Crippen LogP contribution in [0.2, 0.25) is 0 Å². The van der Waals surface area contributed by atoms with Gasteiger partial charge in [-0.2, -0.15) is 10.2 Å². The standard InChI is InChI=1S/C20H18N4O5S/c25-18-10-7-16(13-14(18)4-11-20(26)27)23-22-15-5-8-17(9-6-15)30(28,29)24-19-3-1-2-12-21-19/h1-3,5-10,12-13,25H,4,11H2,(H,21,24)(H,26,27). The summed E-state index contributed by atoms with van der Waals surface area (Å²) in [5, 5.41) is 26.7. The number of rotatable bonds is 8. The second-order valence-corrected chi connectivity index (χ2v) is 7.90. The Morgan fingerprint density at radius 2 is 1.70 bits per heavy atom. The Bertz CT molecular complexity index is 1160. The first-order valence-electron chi connectivity index (χ1n) is 8.83. The minimum absolute atomic E-state index is 0.00911. The number of carboxylic acid groups (broad SMARTS) is 1. The molecule has 0 unspecified atom stereocenters. The molecule has 0 saturated carbocycles. The van der Waals surface area contributed by atoms with Gasteiger partial charge in [0.15, 0.2) is 0 Å². The Labute approximate surface area is 172 Å². The summed E-state index contributed by atoms with van der Waals surface area (Å²) in [5.74, 6) is -0.758. The highest BCUT2D eigenvalue weighted by molar-refractivity contribution is 7.92. The highest BCUT2D eigenvalue weighted by atomic mass is 32.2. The smallest absolute Gasteiger partial charge is 0.303 e. The fourth-order valence-electron chi connectivity index (χ4n) is 2.50. The Balaban J connectivity index is 1.72. The van der Waals surface area contributed by atoms with Crippen LogP contribution in [0.1, 0.15) is 12.0 Å². The van der Waals surface area contributed by atoms with Crippen LogP contribution >= 0.6 is 0 Å². The summed E-state index contributed by atoms with van der Waals surface area (Å²) in [4.78, 5) is 14.7. The van der Waals surface area contributed by atoms with E-state index >= 15 is 0 Å². The largest absolute Gasteiger partial charge is 0.508 e. The van der Waals surface area contributed by atoms with E-state index in [1.165, 1.54) is 36.5 Å². The highest BCUT2D eigenvalue weighted by Gasteiger charge is 2.14. The van der Waals surface area contributed by atoms with Gasteiger partial charge < -0.3 is 10.2 Å². The number of phenolic OH excluding ortho intramolecular Hbond substituents is 1. The van der Waals surface area contributed by atoms with Gasteiger partial charge in [-0.3, -0.25) is 9.52 Å². The van der Waals surface area contributed by atoms with Crippen molar-refractivity contribution in [2.24, 2.45) is 10.2 Å². The molecule has 0 amide bonds. The third kappa shape index (κ3) is 5.61. The predicted molar refractivity (Wildman–Crippen MR) is 110 cm³/mol. The molecular formula is C20H18N4O5S. The molecule has 3 aromatic rings. The molecule has 0 atom stereocenters. The number of carboxylic acids is 1. The SMILES string of the molecule is O=C(O)CCc1cc(N=Nc2ccc(S(=O)(=O)Nc3ccccn3)cc2)ccc1O. The molecule has 3 N–H and O–H groups in total. The molecule has 3 rings (SSSR count). The third-order valence-electron chi connectivity index (χ3n) is 4.00. The molecule has 0 fully saturated rings. The van der Waals surface area contributed by atoms with Crippen LogP contribution in [0.3, 0.4) is 0 Å². The maximum Gasteiger partial charge on any atom is 0.303 e. The number of carbonyl (C=O) groups is 1. The van der Waals surface area contributed by atoms with E-state index in [0.29, 0.717) is 16.9 Å². The maximum absolute atomic E-state index is 12.4. The van der Waals surface area contributed by atoms with Crippen molar-refractivity contribution >= 4 is 33.2 Å². The van der Waals surface area contributed by atoms with Crippen LogP contribution in [0.25, 0.3) is 0 Å². The number of aliphatic carboxylic acids is 1. The number of aryl methyl sites for hydroxylation is 1. The van der Waals surface area contributed by atoms with Crippen molar-refractivity contribution in [3.63, 3.8) is 0 Å². The molecule has 0 aliphatic rings. The van der Waals surface area contributed by atoms with Crippen molar-refractivity contribution < 1.29 is 23.4 Å². The van der Waals surface area contributed by atoms with Crippen molar-refractivity contribution in [3.8, 4) is 5.75 Å². The van der Waals surface area contributed by atoms with Gasteiger partial charge in [0.05, 0.1) is 16.3 Å². The number of pyridine rings is 1. The van der Waals surface area contributed by atoms with E-state index in [1.807, 2.05) is 0 Å². The Morgan fingerprint density at radius 1 is 1.00 bits per heavy atom. The van der Waals surface area contributed by atoms with Crippen LogP contribution in [0.15, 0.2) is 82.0 Å². The predicted octanol–water partition coefficient (Wildman–Crippen LogP) is 4.02. The summed E-state index contributed by atoms with van der Waals surface area (Å²) in [6, 6.07) is 15.2. The average Bonchev–Trinajstić information content (AvgIpc) is 2.73. The monoisotopic (exact) mass is 426 g/mol. The first-order valence-corrected chi connectivity index (χ1v) is 10.3. The van der Waals surface area contributed by atoms with Crippen molar-refractivity contribution in [1.29, 1.82) is 0 Å². The summed E-state index contributed by atoms with van der Waals surface area (Å²) in [7, 11) is -3.78. The zero-order chi connectivity index (χ0) is 21.6. The minimum atomic E-state index is -3.78. The molecule has 30 heavy (non-hydrogen) atoms. The average molecular weight is 426 g/mol. The molecule has 2 aromatic carbocycles. The number of anilines is 1. The summed E-state index contributed by atoms with van der Waals surface area (Å²) in [6.07, 6.45) is 1.54. The van der Waals surface area contributed by atoms with E-state index < -0.39 is 16.0 Å². The van der Waals surface area contributed by atoms with E-state index in [4.69, 9.17) is 5.11 Å². The van der Waals surface area contributed by atoms with Gasteiger partial charge in [0.25, 0.3) is 10.0 Å². The van der Waals surface area contributed by atoms with Crippen molar-refractivity contribution in [1.82, 2.24) is 4.98 Å². The van der Waals surface area contributed by atoms with Gasteiger partial charge in [0, 0.05) is 12.6 Å². The zero-order valence-electron chi connectivity index (χ0n) is 15.6. The van der Waals surface area contributed by atoms with E-state index in [1.54, 1.807) is 30.3 Å². The van der Waals surface area contributed by atoms with Gasteiger partial charge in [0.1, 0.15) is 11.6 Å². The Hall–Kier alpha value is -3.79. The fourth-order valence-corrected chi connectivity index (χ4v) is 3.51. The van der Waals surface area contributed by atoms with E-state index in [9.17, 15) is 18.3 Å². The fraction of sp³-hybridized carbons (Fsp3) is 0.100. The maximum atomic E-state index is 12.4. The van der Waals surface area contributed by atoms with Gasteiger partial charge in [0.2, 0.25) is 0 Å². The molecule has 1 heterocycles. The highest BCUT2D eigenvalue weighted by Crippen LogP contribution is 2.26. The lowest BCUT2D eigenvalue weighted by molar-refractivity contribution is -0.136. The van der Waals surface area contributed by atoms with E-state index in [2.05, 4.69) is 19.9 Å². The molecule has 1 aromatic heterocycles. The lowest BCUT2D eigenvalue weighted by Crippen LogP contribution is -2.13. The molecule has 0 aliphatic carbocycles. The van der Waals surface area contributed by atoms with Gasteiger partial charge in [-0.15, -0.1) is 0 Å². The lowest BCUT2D eigenvalue weighted by atomic mass is 10.1. The van der Waals surface area contributed by atoms with Crippen molar-refractivity contribution in [2.75, 3.05) is 4.72 Å². The first kappa shape index (κ1) is 20.9. The summed E-state index contributed by atoms with van der Waals surface area (Å²) >= 11 is 0. The quantitative estimate of drug-likeness (QED) is 0.465. The minimum Gasteiger partial charge on any atom is -0.508 e. The van der Waals surface area contributed by atoms with Gasteiger partial charge in [-0.05, 0) is 66.6 Å². The van der Waals surface area contributed by atoms with Crippen LogP contribution < -0.4 is 4.72 Å². The number of nitrogens with one attached hydrogen (secondary N) is 1. The second-order valence-electron chi connectivity index (χ2n) is 6.22. The molecule has 0 bridgehead atoms. The first-order chi connectivity index (χ1) is 14.3. The number of phenols is 1. The van der Waals surface area contributed by atoms with Crippen LogP contribution in [0, 0.1) is 0 Å². The summed E-state index contributed by atoms with van der Waals surface area (Å²) in [5.41, 5.74) is 1.31. The van der Waals surface area contributed by atoms with Crippen molar-refractivity contribution in [2.45, 2.75) is 17.7 Å². The van der Waals surface area contributed by atoms with Crippen LogP contribution in [-0.4, -0.2) is 29.6 Å². The molecule has 10 heteroatoms. The molecule has 0 saturated heterocycles. The molecule has 154 valence electrons. The Morgan fingerprint density at radius 3 is 2.37 bits per heavy atom. The number of aromatic nitrogens is 1. The molecular weight excluding hydrogens is 408 g/mol. The lowest BCUT2D eigenvalue weighted by Gasteiger charge is -2.07. The number of hydrogen-bond acceptors (Lipinski definition) is 7. The van der Waals surface area contributed by atoms with Crippen LogP contribution in [-0.2, 0) is 21.2 Å². The molecule has 0 radical (unpaired) electrons. The summed E-state index contributed by atoms with van der Waals surface area (Å²) in [6.45, 7) is 0. The number of azo groups is 1. The Kier molecular flexibility index (Phi) is 6.38. The number of sulfonamides is 1. The van der Waals surface area contributed by atoms with E-state index in [0.717, 1.165) is 0 Å². The number of aromatic hydroxyl groups is 1. The third-order valence-corrected chi connectivity index (χ3v) is 5.37. The zero-order valence-corrected chi connectivity index (χ0v) is 16.5.